The van der Waals surface area contributed by atoms with E-state index in [4.69, 9.17) is 14.2 Å². The van der Waals surface area contributed by atoms with Crippen molar-refractivity contribution >= 4 is 29.1 Å². The lowest BCUT2D eigenvalue weighted by Crippen LogP contribution is -2.29. The molecular weight excluding hydrogens is 478 g/mol. The fourth-order valence-electron chi connectivity index (χ4n) is 4.18. The highest BCUT2D eigenvalue weighted by molar-refractivity contribution is 6.51. The van der Waals surface area contributed by atoms with Crippen molar-refractivity contribution in [3.63, 3.8) is 0 Å². The molecule has 1 saturated heterocycles. The molecule has 1 unspecified atom stereocenters. The van der Waals surface area contributed by atoms with Crippen molar-refractivity contribution in [1.82, 2.24) is 0 Å². The Morgan fingerprint density at radius 2 is 1.62 bits per heavy atom. The molecule has 2 N–H and O–H groups in total. The molecule has 0 bridgehead atoms. The lowest BCUT2D eigenvalue weighted by Gasteiger charge is -2.25. The SMILES string of the molecule is CCOC(=O)c1ccc(N2C(=O)C(=O)/C(=C(\O)c3ccc(OC)cc3OC)C2c2ccc(O)cc2)cc1. The van der Waals surface area contributed by atoms with Gasteiger partial charge in [-0.15, -0.1) is 0 Å². The number of amides is 1. The summed E-state index contributed by atoms with van der Waals surface area (Å²) < 4.78 is 15.6. The third kappa shape index (κ3) is 4.71. The van der Waals surface area contributed by atoms with Gasteiger partial charge in [-0.1, -0.05) is 12.1 Å². The van der Waals surface area contributed by atoms with Gasteiger partial charge in [-0.2, -0.15) is 0 Å². The van der Waals surface area contributed by atoms with Crippen molar-refractivity contribution in [3.05, 3.63) is 89.0 Å². The van der Waals surface area contributed by atoms with E-state index in [9.17, 15) is 24.6 Å². The van der Waals surface area contributed by atoms with Crippen molar-refractivity contribution < 1.29 is 38.8 Å². The van der Waals surface area contributed by atoms with Crippen LogP contribution in [0.3, 0.4) is 0 Å². The molecule has 0 aromatic heterocycles. The van der Waals surface area contributed by atoms with Gasteiger partial charge in [0.05, 0.1) is 43.6 Å². The number of aliphatic hydroxyl groups is 1. The van der Waals surface area contributed by atoms with Crippen molar-refractivity contribution in [2.24, 2.45) is 0 Å². The van der Waals surface area contributed by atoms with Gasteiger partial charge < -0.3 is 24.4 Å². The molecule has 1 amide bonds. The number of benzene rings is 3. The van der Waals surface area contributed by atoms with Crippen LogP contribution < -0.4 is 14.4 Å². The molecule has 1 heterocycles. The zero-order valence-electron chi connectivity index (χ0n) is 20.4. The summed E-state index contributed by atoms with van der Waals surface area (Å²) in [5.74, 6) is -1.99. The van der Waals surface area contributed by atoms with Gasteiger partial charge in [0.25, 0.3) is 11.7 Å². The Hall–Kier alpha value is -4.79. The molecular formula is C28H25NO8. The minimum Gasteiger partial charge on any atom is -0.508 e. The maximum atomic E-state index is 13.3. The number of hydrogen-bond donors (Lipinski definition) is 2. The number of ether oxygens (including phenoxy) is 3. The topological polar surface area (TPSA) is 123 Å². The second-order valence-corrected chi connectivity index (χ2v) is 8.09. The summed E-state index contributed by atoms with van der Waals surface area (Å²) in [6, 6.07) is 15.7. The fourth-order valence-corrected chi connectivity index (χ4v) is 4.18. The van der Waals surface area contributed by atoms with Crippen LogP contribution in [0.25, 0.3) is 5.76 Å². The number of Topliss-reactive ketones (excluding diaryl/α,β-unsaturated/α-hetero) is 1. The van der Waals surface area contributed by atoms with Gasteiger partial charge >= 0.3 is 5.97 Å². The number of methoxy groups -OCH3 is 2. The summed E-state index contributed by atoms with van der Waals surface area (Å²) in [5.41, 5.74) is 1.12. The molecule has 3 aromatic carbocycles. The first-order chi connectivity index (χ1) is 17.8. The van der Waals surface area contributed by atoms with Crippen molar-refractivity contribution in [2.75, 3.05) is 25.7 Å². The highest BCUT2D eigenvalue weighted by atomic mass is 16.5. The summed E-state index contributed by atoms with van der Waals surface area (Å²) in [5, 5.41) is 21.2. The third-order valence-electron chi connectivity index (χ3n) is 5.97. The van der Waals surface area contributed by atoms with E-state index in [1.54, 1.807) is 31.2 Å². The Morgan fingerprint density at radius 3 is 2.22 bits per heavy atom. The monoisotopic (exact) mass is 503 g/mol. The second kappa shape index (κ2) is 10.4. The first-order valence-corrected chi connectivity index (χ1v) is 11.4. The number of aliphatic hydroxyl groups excluding tert-OH is 1. The minimum absolute atomic E-state index is 0.00341. The Bertz CT molecular complexity index is 1380. The average Bonchev–Trinajstić information content (AvgIpc) is 3.18. The molecule has 190 valence electrons. The standard InChI is InChI=1S/C28H25NO8/c1-4-37-28(34)17-5-9-18(10-6-17)29-24(16-7-11-19(30)12-8-16)23(26(32)27(29)33)25(31)21-14-13-20(35-2)15-22(21)36-3/h5-15,24,30-31H,4H2,1-3H3/b25-23-. The van der Waals surface area contributed by atoms with E-state index < -0.39 is 29.5 Å². The van der Waals surface area contributed by atoms with Crippen LogP contribution in [0.2, 0.25) is 0 Å². The summed E-state index contributed by atoms with van der Waals surface area (Å²) in [7, 11) is 2.89. The van der Waals surface area contributed by atoms with Crippen LogP contribution in [0, 0.1) is 0 Å². The Morgan fingerprint density at radius 1 is 0.946 bits per heavy atom. The van der Waals surface area contributed by atoms with Gasteiger partial charge in [-0.25, -0.2) is 4.79 Å². The zero-order chi connectivity index (χ0) is 26.7. The predicted molar refractivity (Wildman–Crippen MR) is 135 cm³/mol. The zero-order valence-corrected chi connectivity index (χ0v) is 20.4. The number of esters is 1. The summed E-state index contributed by atoms with van der Waals surface area (Å²) in [6.07, 6.45) is 0. The number of aromatic hydroxyl groups is 1. The summed E-state index contributed by atoms with van der Waals surface area (Å²) in [4.78, 5) is 40.0. The molecule has 1 fully saturated rings. The maximum Gasteiger partial charge on any atom is 0.338 e. The highest BCUT2D eigenvalue weighted by Crippen LogP contribution is 2.44. The van der Waals surface area contributed by atoms with Crippen LogP contribution in [0.4, 0.5) is 5.69 Å². The third-order valence-corrected chi connectivity index (χ3v) is 5.97. The molecule has 1 atom stereocenters. The number of phenolic OH excluding ortho intramolecular Hbond substituents is 1. The number of ketones is 1. The molecule has 0 aliphatic carbocycles. The van der Waals surface area contributed by atoms with E-state index in [0.29, 0.717) is 17.0 Å². The number of phenols is 1. The normalized spacial score (nSPS) is 16.5. The molecule has 9 nitrogen and oxygen atoms in total. The van der Waals surface area contributed by atoms with E-state index in [0.717, 1.165) is 0 Å². The molecule has 37 heavy (non-hydrogen) atoms. The van der Waals surface area contributed by atoms with Crippen molar-refractivity contribution in [2.45, 2.75) is 13.0 Å². The highest BCUT2D eigenvalue weighted by Gasteiger charge is 2.47. The van der Waals surface area contributed by atoms with Gasteiger partial charge in [-0.05, 0) is 61.0 Å². The molecule has 9 heteroatoms. The molecule has 0 radical (unpaired) electrons. The van der Waals surface area contributed by atoms with Crippen molar-refractivity contribution in [1.29, 1.82) is 0 Å². The van der Waals surface area contributed by atoms with Crippen LogP contribution in [-0.2, 0) is 14.3 Å². The van der Waals surface area contributed by atoms with Gasteiger partial charge in [-0.3, -0.25) is 14.5 Å². The molecule has 1 aliphatic rings. The largest absolute Gasteiger partial charge is 0.508 e. The first kappa shape index (κ1) is 25.3. The van der Waals surface area contributed by atoms with Crippen LogP contribution in [0.15, 0.2) is 72.3 Å². The number of carbonyl (C=O) groups is 3. The summed E-state index contributed by atoms with van der Waals surface area (Å²) in [6.45, 7) is 1.91. The Labute approximate surface area is 213 Å². The summed E-state index contributed by atoms with van der Waals surface area (Å²) >= 11 is 0. The maximum absolute atomic E-state index is 13.3. The first-order valence-electron chi connectivity index (χ1n) is 11.4. The van der Waals surface area contributed by atoms with Gasteiger partial charge in [0.1, 0.15) is 23.0 Å². The lowest BCUT2D eigenvalue weighted by molar-refractivity contribution is -0.132. The second-order valence-electron chi connectivity index (χ2n) is 8.09. The number of hydrogen-bond acceptors (Lipinski definition) is 8. The van der Waals surface area contributed by atoms with E-state index in [-0.39, 0.29) is 34.8 Å². The van der Waals surface area contributed by atoms with Crippen LogP contribution in [-0.4, -0.2) is 48.7 Å². The number of carbonyl (C=O) groups excluding carboxylic acids is 3. The molecule has 0 spiro atoms. The van der Waals surface area contributed by atoms with E-state index >= 15 is 0 Å². The molecule has 0 saturated carbocycles. The fraction of sp³-hybridized carbons (Fsp3) is 0.179. The Balaban J connectivity index is 1.89. The van der Waals surface area contributed by atoms with Gasteiger partial charge in [0.15, 0.2) is 0 Å². The number of nitrogens with zero attached hydrogens (tertiary/aromatic N) is 1. The molecule has 3 aromatic rings. The van der Waals surface area contributed by atoms with Gasteiger partial charge in [0.2, 0.25) is 0 Å². The van der Waals surface area contributed by atoms with Crippen LogP contribution >= 0.6 is 0 Å². The van der Waals surface area contributed by atoms with Crippen LogP contribution in [0.1, 0.15) is 34.5 Å². The Kier molecular flexibility index (Phi) is 7.15. The van der Waals surface area contributed by atoms with Gasteiger partial charge in [0, 0.05) is 11.8 Å². The average molecular weight is 504 g/mol. The van der Waals surface area contributed by atoms with E-state index in [1.807, 2.05) is 0 Å². The van der Waals surface area contributed by atoms with E-state index in [2.05, 4.69) is 0 Å². The molecule has 1 aliphatic heterocycles. The smallest absolute Gasteiger partial charge is 0.338 e. The predicted octanol–water partition coefficient (Wildman–Crippen LogP) is 4.21. The number of anilines is 1. The van der Waals surface area contributed by atoms with Crippen LogP contribution in [0.5, 0.6) is 17.2 Å². The number of rotatable bonds is 7. The van der Waals surface area contributed by atoms with E-state index in [1.165, 1.54) is 61.6 Å². The lowest BCUT2D eigenvalue weighted by atomic mass is 9.94. The molecule has 4 rings (SSSR count). The quantitative estimate of drug-likeness (QED) is 0.213. The minimum atomic E-state index is -1.03. The van der Waals surface area contributed by atoms with Crippen molar-refractivity contribution in [3.8, 4) is 17.2 Å².